The molecule has 0 saturated carbocycles. The van der Waals surface area contributed by atoms with Gasteiger partial charge >= 0.3 is 5.97 Å². The molecule has 1 aromatic heterocycles. The molecule has 0 radical (unpaired) electrons. The normalized spacial score (nSPS) is 15.3. The van der Waals surface area contributed by atoms with E-state index in [1.807, 2.05) is 69.3 Å². The highest BCUT2D eigenvalue weighted by atomic mass is 79.9. The number of carbonyl (C=O) groups is 1. The third-order valence-corrected chi connectivity index (χ3v) is 7.42. The standard InChI is InChI=1S/C29H31BrN2O5S/c1-6-10-21-25(28(34)36-7-2)26(20-11-8-9-12-23(20)35-5)32-27(33)24(38-29(32)31-21)16-18-15-19(30)13-14-22(18)37-17(3)4/h8-9,11-17,26H,6-7,10H2,1-5H3/b24-16+/t26-/m0/s1. The fourth-order valence-corrected chi connectivity index (χ4v) is 5.83. The molecule has 0 fully saturated rings. The van der Waals surface area contributed by atoms with E-state index in [2.05, 4.69) is 15.9 Å². The van der Waals surface area contributed by atoms with Gasteiger partial charge in [0, 0.05) is 15.6 Å². The molecule has 7 nitrogen and oxygen atoms in total. The number of para-hydroxylation sites is 1. The van der Waals surface area contributed by atoms with Gasteiger partial charge in [-0.15, -0.1) is 0 Å². The average molecular weight is 600 g/mol. The molecular weight excluding hydrogens is 568 g/mol. The molecule has 0 aliphatic carbocycles. The Kier molecular flexibility index (Phi) is 8.89. The molecule has 3 aromatic rings. The molecule has 2 heterocycles. The molecule has 1 atom stereocenters. The van der Waals surface area contributed by atoms with Crippen LogP contribution in [0.5, 0.6) is 11.5 Å². The number of esters is 1. The third kappa shape index (κ3) is 5.63. The van der Waals surface area contributed by atoms with E-state index in [1.54, 1.807) is 18.6 Å². The monoisotopic (exact) mass is 598 g/mol. The predicted molar refractivity (Wildman–Crippen MR) is 153 cm³/mol. The van der Waals surface area contributed by atoms with Crippen molar-refractivity contribution in [2.75, 3.05) is 13.7 Å². The lowest BCUT2D eigenvalue weighted by molar-refractivity contribution is -0.139. The summed E-state index contributed by atoms with van der Waals surface area (Å²) < 4.78 is 20.1. The lowest BCUT2D eigenvalue weighted by atomic mass is 9.93. The predicted octanol–water partition coefficient (Wildman–Crippen LogP) is 5.14. The number of fused-ring (bicyclic) bond motifs is 1. The summed E-state index contributed by atoms with van der Waals surface area (Å²) in [5, 5.41) is 0. The topological polar surface area (TPSA) is 79.1 Å². The van der Waals surface area contributed by atoms with Gasteiger partial charge in [0.2, 0.25) is 0 Å². The SMILES string of the molecule is CCCC1=C(C(=O)OCC)[C@H](c2ccccc2OC)n2c(s/c(=C/c3cc(Br)ccc3OC(C)C)c2=O)=N1. The van der Waals surface area contributed by atoms with Crippen molar-refractivity contribution in [3.63, 3.8) is 0 Å². The first kappa shape index (κ1) is 27.9. The maximum atomic E-state index is 14.0. The first-order valence-corrected chi connectivity index (χ1v) is 14.2. The Morgan fingerprint density at radius 2 is 1.95 bits per heavy atom. The molecule has 4 rings (SSSR count). The number of aromatic nitrogens is 1. The fraction of sp³-hybridized carbons (Fsp3) is 0.345. The van der Waals surface area contributed by atoms with Gasteiger partial charge in [-0.25, -0.2) is 9.79 Å². The van der Waals surface area contributed by atoms with Crippen LogP contribution in [-0.4, -0.2) is 30.4 Å². The number of ether oxygens (including phenoxy) is 3. The fourth-order valence-electron chi connectivity index (χ4n) is 4.44. The van der Waals surface area contributed by atoms with Crippen molar-refractivity contribution in [1.29, 1.82) is 0 Å². The van der Waals surface area contributed by atoms with Gasteiger partial charge in [0.25, 0.3) is 5.56 Å². The lowest BCUT2D eigenvalue weighted by Crippen LogP contribution is -2.40. The van der Waals surface area contributed by atoms with Gasteiger partial charge < -0.3 is 14.2 Å². The van der Waals surface area contributed by atoms with Crippen LogP contribution in [-0.2, 0) is 9.53 Å². The van der Waals surface area contributed by atoms with Crippen molar-refractivity contribution >= 4 is 39.3 Å². The van der Waals surface area contributed by atoms with E-state index in [0.717, 1.165) is 16.5 Å². The van der Waals surface area contributed by atoms with Gasteiger partial charge in [-0.05, 0) is 57.5 Å². The van der Waals surface area contributed by atoms with Gasteiger partial charge in [0.05, 0.1) is 35.6 Å². The van der Waals surface area contributed by atoms with Crippen LogP contribution >= 0.6 is 27.3 Å². The molecule has 1 aliphatic rings. The molecule has 0 amide bonds. The summed E-state index contributed by atoms with van der Waals surface area (Å²) in [6, 6.07) is 12.4. The smallest absolute Gasteiger partial charge is 0.338 e. The van der Waals surface area contributed by atoms with Crippen LogP contribution in [0, 0.1) is 0 Å². The molecule has 38 heavy (non-hydrogen) atoms. The highest BCUT2D eigenvalue weighted by Crippen LogP contribution is 2.37. The minimum absolute atomic E-state index is 0.0289. The van der Waals surface area contributed by atoms with E-state index >= 15 is 0 Å². The number of carbonyl (C=O) groups excluding carboxylic acids is 1. The van der Waals surface area contributed by atoms with Crippen molar-refractivity contribution in [3.05, 3.63) is 89.0 Å². The lowest BCUT2D eigenvalue weighted by Gasteiger charge is -2.26. The molecule has 1 aliphatic heterocycles. The quantitative estimate of drug-likeness (QED) is 0.319. The van der Waals surface area contributed by atoms with E-state index in [4.69, 9.17) is 19.2 Å². The summed E-state index contributed by atoms with van der Waals surface area (Å²) in [4.78, 5) is 32.7. The van der Waals surface area contributed by atoms with Crippen molar-refractivity contribution in [1.82, 2.24) is 4.57 Å². The van der Waals surface area contributed by atoms with Crippen LogP contribution in [0.2, 0.25) is 0 Å². The van der Waals surface area contributed by atoms with E-state index in [1.165, 1.54) is 11.3 Å². The van der Waals surface area contributed by atoms with E-state index < -0.39 is 12.0 Å². The molecule has 0 spiro atoms. The van der Waals surface area contributed by atoms with Crippen LogP contribution in [0.1, 0.15) is 57.7 Å². The number of hydrogen-bond acceptors (Lipinski definition) is 7. The number of hydrogen-bond donors (Lipinski definition) is 0. The number of allylic oxidation sites excluding steroid dienone is 1. The summed E-state index contributed by atoms with van der Waals surface area (Å²) in [5.74, 6) is 0.768. The zero-order valence-electron chi connectivity index (χ0n) is 22.1. The van der Waals surface area contributed by atoms with Crippen LogP contribution < -0.4 is 24.4 Å². The second-order valence-corrected chi connectivity index (χ2v) is 10.9. The van der Waals surface area contributed by atoms with Crippen LogP contribution in [0.4, 0.5) is 0 Å². The Morgan fingerprint density at radius 3 is 2.63 bits per heavy atom. The van der Waals surface area contributed by atoms with Gasteiger partial charge in [-0.1, -0.05) is 58.8 Å². The molecule has 0 bridgehead atoms. The summed E-state index contributed by atoms with van der Waals surface area (Å²) in [5.41, 5.74) is 2.20. The molecule has 0 unspecified atom stereocenters. The molecule has 0 N–H and O–H groups in total. The summed E-state index contributed by atoms with van der Waals surface area (Å²) >= 11 is 4.81. The zero-order valence-corrected chi connectivity index (χ0v) is 24.5. The first-order valence-electron chi connectivity index (χ1n) is 12.6. The molecule has 200 valence electrons. The number of nitrogens with zero attached hydrogens (tertiary/aromatic N) is 2. The first-order chi connectivity index (χ1) is 18.3. The Balaban J connectivity index is 2.02. The van der Waals surface area contributed by atoms with Crippen molar-refractivity contribution in [2.45, 2.75) is 52.7 Å². The molecule has 0 saturated heterocycles. The third-order valence-electron chi connectivity index (χ3n) is 5.95. The Hall–Kier alpha value is -3.17. The Labute approximate surface area is 234 Å². The Bertz CT molecular complexity index is 1550. The number of halogens is 1. The number of rotatable bonds is 9. The summed E-state index contributed by atoms with van der Waals surface area (Å²) in [6.45, 7) is 7.92. The maximum Gasteiger partial charge on any atom is 0.338 e. The second kappa shape index (κ2) is 12.1. The minimum Gasteiger partial charge on any atom is -0.496 e. The highest BCUT2D eigenvalue weighted by molar-refractivity contribution is 9.10. The van der Waals surface area contributed by atoms with Gasteiger partial charge in [-0.3, -0.25) is 9.36 Å². The van der Waals surface area contributed by atoms with Crippen molar-refractivity contribution in [2.24, 2.45) is 4.99 Å². The molecule has 2 aromatic carbocycles. The van der Waals surface area contributed by atoms with Crippen LogP contribution in [0.3, 0.4) is 0 Å². The van der Waals surface area contributed by atoms with Gasteiger partial charge in [0.15, 0.2) is 4.80 Å². The number of thiazole rings is 1. The average Bonchev–Trinajstić information content (AvgIpc) is 3.19. The van der Waals surface area contributed by atoms with Crippen LogP contribution in [0.15, 0.2) is 68.0 Å². The van der Waals surface area contributed by atoms with Gasteiger partial charge in [-0.2, -0.15) is 0 Å². The molecular formula is C29H31BrN2O5S. The van der Waals surface area contributed by atoms with Crippen molar-refractivity contribution < 1.29 is 19.0 Å². The second-order valence-electron chi connectivity index (χ2n) is 9.00. The van der Waals surface area contributed by atoms with Crippen LogP contribution in [0.25, 0.3) is 6.08 Å². The zero-order chi connectivity index (χ0) is 27.4. The minimum atomic E-state index is -0.737. The Morgan fingerprint density at radius 1 is 1.18 bits per heavy atom. The summed E-state index contributed by atoms with van der Waals surface area (Å²) in [6.07, 6.45) is 3.14. The van der Waals surface area contributed by atoms with E-state index in [9.17, 15) is 9.59 Å². The largest absolute Gasteiger partial charge is 0.496 e. The van der Waals surface area contributed by atoms with Crippen molar-refractivity contribution in [3.8, 4) is 11.5 Å². The van der Waals surface area contributed by atoms with Gasteiger partial charge in [0.1, 0.15) is 17.5 Å². The number of benzene rings is 2. The maximum absolute atomic E-state index is 14.0. The highest BCUT2D eigenvalue weighted by Gasteiger charge is 2.35. The molecule has 9 heteroatoms. The van der Waals surface area contributed by atoms with E-state index in [0.29, 0.717) is 44.1 Å². The number of methoxy groups -OCH3 is 1. The summed E-state index contributed by atoms with van der Waals surface area (Å²) in [7, 11) is 1.58. The van der Waals surface area contributed by atoms with E-state index in [-0.39, 0.29) is 18.3 Å².